The van der Waals surface area contributed by atoms with Crippen LogP contribution in [0.1, 0.15) is 48.0 Å². The molecule has 1 saturated heterocycles. The summed E-state index contributed by atoms with van der Waals surface area (Å²) in [6.07, 6.45) is 0.610. The van der Waals surface area contributed by atoms with E-state index in [1.807, 2.05) is 46.4 Å². The lowest BCUT2D eigenvalue weighted by atomic mass is 10.0. The van der Waals surface area contributed by atoms with Gasteiger partial charge in [-0.2, -0.15) is 0 Å². The van der Waals surface area contributed by atoms with E-state index in [0.29, 0.717) is 19.6 Å². The summed E-state index contributed by atoms with van der Waals surface area (Å²) in [6.45, 7) is 14.0. The van der Waals surface area contributed by atoms with Crippen LogP contribution in [-0.2, 0) is 9.53 Å². The SMILES string of the molecule is CCN(C[C@@H]1CCN(C(=O)[C@@H](N)C(C)C)C1)C(=O)OC(C)(C)C. The van der Waals surface area contributed by atoms with Crippen LogP contribution in [0.25, 0.3) is 0 Å². The van der Waals surface area contributed by atoms with Gasteiger partial charge >= 0.3 is 6.09 Å². The van der Waals surface area contributed by atoms with Gasteiger partial charge < -0.3 is 20.3 Å². The van der Waals surface area contributed by atoms with Crippen molar-refractivity contribution in [1.82, 2.24) is 9.80 Å². The molecule has 2 atom stereocenters. The number of nitrogens with zero attached hydrogens (tertiary/aromatic N) is 2. The second kappa shape index (κ2) is 7.99. The molecule has 6 nitrogen and oxygen atoms in total. The molecule has 0 bridgehead atoms. The minimum atomic E-state index is -0.494. The van der Waals surface area contributed by atoms with E-state index in [-0.39, 0.29) is 23.8 Å². The molecule has 0 unspecified atom stereocenters. The summed E-state index contributed by atoms with van der Waals surface area (Å²) in [6, 6.07) is -0.443. The molecule has 1 aliphatic heterocycles. The maximum absolute atomic E-state index is 12.3. The first-order chi connectivity index (χ1) is 10.5. The standard InChI is InChI=1S/C17H33N3O3/c1-7-19(16(22)23-17(4,5)6)10-13-8-9-20(11-13)15(21)14(18)12(2)3/h12-14H,7-11,18H2,1-6H3/t13-,14-/m0/s1. The monoisotopic (exact) mass is 327 g/mol. The van der Waals surface area contributed by atoms with Crippen LogP contribution in [0.15, 0.2) is 0 Å². The van der Waals surface area contributed by atoms with Crippen LogP contribution in [0.5, 0.6) is 0 Å². The molecule has 0 aliphatic carbocycles. The third-order valence-corrected chi connectivity index (χ3v) is 4.11. The maximum Gasteiger partial charge on any atom is 0.410 e. The van der Waals surface area contributed by atoms with E-state index in [1.165, 1.54) is 0 Å². The lowest BCUT2D eigenvalue weighted by Gasteiger charge is -2.28. The van der Waals surface area contributed by atoms with E-state index < -0.39 is 11.6 Å². The highest BCUT2D eigenvalue weighted by molar-refractivity contribution is 5.82. The van der Waals surface area contributed by atoms with Gasteiger partial charge in [-0.1, -0.05) is 13.8 Å². The minimum Gasteiger partial charge on any atom is -0.444 e. The second-order valence-corrected chi connectivity index (χ2v) is 7.73. The van der Waals surface area contributed by atoms with Gasteiger partial charge in [0.25, 0.3) is 0 Å². The van der Waals surface area contributed by atoms with Crippen molar-refractivity contribution in [3.05, 3.63) is 0 Å². The minimum absolute atomic E-state index is 0.0165. The molecule has 2 amide bonds. The van der Waals surface area contributed by atoms with E-state index in [0.717, 1.165) is 13.0 Å². The Labute approximate surface area is 140 Å². The molecule has 23 heavy (non-hydrogen) atoms. The van der Waals surface area contributed by atoms with Crippen LogP contribution < -0.4 is 5.73 Å². The van der Waals surface area contributed by atoms with Crippen molar-refractivity contribution in [3.63, 3.8) is 0 Å². The topological polar surface area (TPSA) is 75.9 Å². The lowest BCUT2D eigenvalue weighted by molar-refractivity contribution is -0.132. The Morgan fingerprint density at radius 1 is 1.35 bits per heavy atom. The zero-order chi connectivity index (χ0) is 17.8. The number of hydrogen-bond donors (Lipinski definition) is 1. The van der Waals surface area contributed by atoms with Crippen molar-refractivity contribution in [2.45, 2.75) is 59.6 Å². The van der Waals surface area contributed by atoms with Gasteiger partial charge in [-0.05, 0) is 46.0 Å². The number of rotatable bonds is 5. The first kappa shape index (κ1) is 19.7. The average molecular weight is 327 g/mol. The molecule has 134 valence electrons. The molecule has 0 saturated carbocycles. The third-order valence-electron chi connectivity index (χ3n) is 4.11. The quantitative estimate of drug-likeness (QED) is 0.839. The van der Waals surface area contributed by atoms with E-state index >= 15 is 0 Å². The Balaban J connectivity index is 2.55. The van der Waals surface area contributed by atoms with Crippen LogP contribution in [0.3, 0.4) is 0 Å². The van der Waals surface area contributed by atoms with Gasteiger partial charge in [0.15, 0.2) is 0 Å². The molecule has 0 spiro atoms. The van der Waals surface area contributed by atoms with Crippen molar-refractivity contribution in [2.24, 2.45) is 17.6 Å². The molecule has 0 aromatic rings. The van der Waals surface area contributed by atoms with Gasteiger partial charge in [-0.15, -0.1) is 0 Å². The summed E-state index contributed by atoms with van der Waals surface area (Å²) >= 11 is 0. The molecule has 0 aromatic heterocycles. The van der Waals surface area contributed by atoms with Crippen LogP contribution >= 0.6 is 0 Å². The van der Waals surface area contributed by atoms with Crippen molar-refractivity contribution in [3.8, 4) is 0 Å². The van der Waals surface area contributed by atoms with E-state index in [9.17, 15) is 9.59 Å². The van der Waals surface area contributed by atoms with E-state index in [4.69, 9.17) is 10.5 Å². The number of ether oxygens (including phenoxy) is 1. The zero-order valence-corrected chi connectivity index (χ0v) is 15.5. The van der Waals surface area contributed by atoms with Gasteiger partial charge in [0.2, 0.25) is 5.91 Å². The summed E-state index contributed by atoms with van der Waals surface area (Å²) in [5.41, 5.74) is 5.46. The lowest BCUT2D eigenvalue weighted by Crippen LogP contribution is -2.46. The number of carbonyl (C=O) groups excluding carboxylic acids is 2. The maximum atomic E-state index is 12.3. The fraction of sp³-hybridized carbons (Fsp3) is 0.882. The number of hydrogen-bond acceptors (Lipinski definition) is 4. The molecule has 0 radical (unpaired) electrons. The number of likely N-dealkylation sites (tertiary alicyclic amines) is 1. The summed E-state index contributed by atoms with van der Waals surface area (Å²) in [4.78, 5) is 28.0. The largest absolute Gasteiger partial charge is 0.444 e. The van der Waals surface area contributed by atoms with Crippen LogP contribution in [-0.4, -0.2) is 59.6 Å². The summed E-state index contributed by atoms with van der Waals surface area (Å²) in [5, 5.41) is 0. The molecule has 1 heterocycles. The fourth-order valence-corrected chi connectivity index (χ4v) is 2.65. The summed E-state index contributed by atoms with van der Waals surface area (Å²) < 4.78 is 5.43. The molecular weight excluding hydrogens is 294 g/mol. The van der Waals surface area contributed by atoms with E-state index in [2.05, 4.69) is 0 Å². The molecule has 6 heteroatoms. The Morgan fingerprint density at radius 2 is 1.96 bits per heavy atom. The Bertz CT molecular complexity index is 418. The number of nitrogens with two attached hydrogens (primary N) is 1. The summed E-state index contributed by atoms with van der Waals surface area (Å²) in [5.74, 6) is 0.434. The zero-order valence-electron chi connectivity index (χ0n) is 15.5. The first-order valence-corrected chi connectivity index (χ1v) is 8.57. The van der Waals surface area contributed by atoms with Gasteiger partial charge in [-0.25, -0.2) is 4.79 Å². The molecule has 2 N–H and O–H groups in total. The predicted molar refractivity (Wildman–Crippen MR) is 91.0 cm³/mol. The van der Waals surface area contributed by atoms with Gasteiger partial charge in [0.1, 0.15) is 5.60 Å². The first-order valence-electron chi connectivity index (χ1n) is 8.57. The highest BCUT2D eigenvalue weighted by Crippen LogP contribution is 2.20. The van der Waals surface area contributed by atoms with Gasteiger partial charge in [-0.3, -0.25) is 4.79 Å². The number of amides is 2. The summed E-state index contributed by atoms with van der Waals surface area (Å²) in [7, 11) is 0. The highest BCUT2D eigenvalue weighted by Gasteiger charge is 2.32. The van der Waals surface area contributed by atoms with Crippen molar-refractivity contribution < 1.29 is 14.3 Å². The molecule has 1 aliphatic rings. The predicted octanol–water partition coefficient (Wildman–Crippen LogP) is 2.08. The molecule has 1 rings (SSSR count). The van der Waals surface area contributed by atoms with Crippen molar-refractivity contribution in [1.29, 1.82) is 0 Å². The smallest absolute Gasteiger partial charge is 0.410 e. The average Bonchev–Trinajstić information content (AvgIpc) is 2.89. The van der Waals surface area contributed by atoms with Crippen LogP contribution in [0.2, 0.25) is 0 Å². The molecule has 1 fully saturated rings. The van der Waals surface area contributed by atoms with Gasteiger partial charge in [0.05, 0.1) is 6.04 Å². The Hall–Kier alpha value is -1.30. The van der Waals surface area contributed by atoms with Crippen LogP contribution in [0.4, 0.5) is 4.79 Å². The van der Waals surface area contributed by atoms with Crippen molar-refractivity contribution in [2.75, 3.05) is 26.2 Å². The van der Waals surface area contributed by atoms with Crippen molar-refractivity contribution >= 4 is 12.0 Å². The van der Waals surface area contributed by atoms with E-state index in [1.54, 1.807) is 4.90 Å². The Kier molecular flexibility index (Phi) is 6.86. The fourth-order valence-electron chi connectivity index (χ4n) is 2.65. The van der Waals surface area contributed by atoms with Gasteiger partial charge in [0, 0.05) is 26.2 Å². The second-order valence-electron chi connectivity index (χ2n) is 7.73. The Morgan fingerprint density at radius 3 is 2.43 bits per heavy atom. The molecular formula is C17H33N3O3. The molecule has 0 aromatic carbocycles. The number of carbonyl (C=O) groups is 2. The third kappa shape index (κ3) is 6.01. The van der Waals surface area contributed by atoms with Crippen LogP contribution in [0, 0.1) is 11.8 Å². The normalized spacial score (nSPS) is 19.8. The highest BCUT2D eigenvalue weighted by atomic mass is 16.6.